The van der Waals surface area contributed by atoms with Crippen LogP contribution in [0.1, 0.15) is 13.8 Å². The highest BCUT2D eigenvalue weighted by atomic mass is 16.5. The van der Waals surface area contributed by atoms with Crippen LogP contribution in [0.2, 0.25) is 0 Å². The van der Waals surface area contributed by atoms with Crippen molar-refractivity contribution in [3.63, 3.8) is 0 Å². The summed E-state index contributed by atoms with van der Waals surface area (Å²) in [5.41, 5.74) is 11.0. The third-order valence-corrected chi connectivity index (χ3v) is 4.37. The standard InChI is InChI=1S/C14H30N4O3/c1-10(9-20-3)14(13(16)19,12(21-4)11(2)15)18-7-5-17-6-8-18/h10-12,17H,5-9,15H2,1-4H3,(H2,16,19). The molecule has 0 radical (unpaired) electrons. The molecule has 4 atom stereocenters. The lowest BCUT2D eigenvalue weighted by Crippen LogP contribution is -2.74. The fraction of sp³-hybridized carbons (Fsp3) is 0.929. The van der Waals surface area contributed by atoms with Gasteiger partial charge < -0.3 is 26.3 Å². The molecule has 0 aromatic heterocycles. The molecule has 0 spiro atoms. The second-order valence-electron chi connectivity index (χ2n) is 5.80. The molecule has 124 valence electrons. The second kappa shape index (κ2) is 8.05. The van der Waals surface area contributed by atoms with E-state index in [1.165, 1.54) is 0 Å². The summed E-state index contributed by atoms with van der Waals surface area (Å²) in [6, 6.07) is -0.323. The molecular weight excluding hydrogens is 272 g/mol. The first-order chi connectivity index (χ1) is 9.92. The molecule has 1 aliphatic rings. The Kier molecular flexibility index (Phi) is 7.02. The van der Waals surface area contributed by atoms with Gasteiger partial charge in [0.15, 0.2) is 0 Å². The first-order valence-electron chi connectivity index (χ1n) is 7.45. The molecule has 1 rings (SSSR count). The number of hydrogen-bond acceptors (Lipinski definition) is 6. The summed E-state index contributed by atoms with van der Waals surface area (Å²) >= 11 is 0. The van der Waals surface area contributed by atoms with E-state index < -0.39 is 17.6 Å². The summed E-state index contributed by atoms with van der Waals surface area (Å²) < 4.78 is 10.9. The van der Waals surface area contributed by atoms with Crippen LogP contribution in [0.5, 0.6) is 0 Å². The van der Waals surface area contributed by atoms with Crippen molar-refractivity contribution in [3.05, 3.63) is 0 Å². The van der Waals surface area contributed by atoms with Crippen LogP contribution in [0.15, 0.2) is 0 Å². The van der Waals surface area contributed by atoms with Crippen LogP contribution < -0.4 is 16.8 Å². The number of rotatable bonds is 8. The minimum Gasteiger partial charge on any atom is -0.384 e. The summed E-state index contributed by atoms with van der Waals surface area (Å²) in [4.78, 5) is 14.6. The van der Waals surface area contributed by atoms with Crippen molar-refractivity contribution < 1.29 is 14.3 Å². The number of carbonyl (C=O) groups excluding carboxylic acids is 1. The van der Waals surface area contributed by atoms with Crippen LogP contribution in [0.3, 0.4) is 0 Å². The molecule has 7 heteroatoms. The second-order valence-corrected chi connectivity index (χ2v) is 5.80. The highest BCUT2D eigenvalue weighted by Gasteiger charge is 2.54. The Labute approximate surface area is 127 Å². The lowest BCUT2D eigenvalue weighted by molar-refractivity contribution is -0.155. The maximum atomic E-state index is 12.5. The number of carbonyl (C=O) groups is 1. The van der Waals surface area contributed by atoms with Crippen LogP contribution in [0, 0.1) is 5.92 Å². The van der Waals surface area contributed by atoms with Crippen LogP contribution in [0.25, 0.3) is 0 Å². The molecule has 1 fully saturated rings. The zero-order valence-electron chi connectivity index (χ0n) is 13.6. The highest BCUT2D eigenvalue weighted by molar-refractivity contribution is 5.86. The average molecular weight is 302 g/mol. The zero-order chi connectivity index (χ0) is 16.0. The fourth-order valence-corrected chi connectivity index (χ4v) is 3.52. The van der Waals surface area contributed by atoms with Crippen LogP contribution in [-0.4, -0.2) is 75.5 Å². The summed E-state index contributed by atoms with van der Waals surface area (Å²) in [7, 11) is 3.20. The Morgan fingerprint density at radius 3 is 2.29 bits per heavy atom. The van der Waals surface area contributed by atoms with Crippen molar-refractivity contribution in [2.24, 2.45) is 17.4 Å². The van der Waals surface area contributed by atoms with Crippen LogP contribution >= 0.6 is 0 Å². The number of primary amides is 1. The molecular formula is C14H30N4O3. The number of hydrogen-bond donors (Lipinski definition) is 3. The van der Waals surface area contributed by atoms with Gasteiger partial charge in [0.2, 0.25) is 5.91 Å². The molecule has 0 saturated carbocycles. The number of nitrogens with two attached hydrogens (primary N) is 2. The van der Waals surface area contributed by atoms with Gasteiger partial charge in [0.05, 0.1) is 12.7 Å². The van der Waals surface area contributed by atoms with Gasteiger partial charge in [-0.15, -0.1) is 0 Å². The maximum absolute atomic E-state index is 12.5. The van der Waals surface area contributed by atoms with Crippen molar-refractivity contribution in [2.75, 3.05) is 47.0 Å². The van der Waals surface area contributed by atoms with E-state index in [0.29, 0.717) is 6.61 Å². The van der Waals surface area contributed by atoms with Crippen LogP contribution in [-0.2, 0) is 14.3 Å². The number of amides is 1. The molecule has 1 amide bonds. The Morgan fingerprint density at radius 2 is 1.90 bits per heavy atom. The van der Waals surface area contributed by atoms with Crippen molar-refractivity contribution in [1.29, 1.82) is 0 Å². The predicted octanol–water partition coefficient (Wildman–Crippen LogP) is -1.24. The van der Waals surface area contributed by atoms with Gasteiger partial charge in [-0.3, -0.25) is 9.69 Å². The SMILES string of the molecule is COCC(C)C(C(N)=O)(C(OC)C(C)N)N1CCNCC1. The molecule has 1 heterocycles. The lowest BCUT2D eigenvalue weighted by atomic mass is 9.75. The van der Waals surface area contributed by atoms with Gasteiger partial charge in [-0.25, -0.2) is 0 Å². The summed E-state index contributed by atoms with van der Waals surface area (Å²) in [5.74, 6) is -0.535. The molecule has 5 N–H and O–H groups in total. The Balaban J connectivity index is 3.29. The van der Waals surface area contributed by atoms with Gasteiger partial charge in [0.25, 0.3) is 0 Å². The third-order valence-electron chi connectivity index (χ3n) is 4.37. The summed E-state index contributed by atoms with van der Waals surface area (Å²) in [6.07, 6.45) is -0.488. The quantitative estimate of drug-likeness (QED) is 0.518. The van der Waals surface area contributed by atoms with Crippen molar-refractivity contribution in [1.82, 2.24) is 10.2 Å². The monoisotopic (exact) mass is 302 g/mol. The zero-order valence-corrected chi connectivity index (χ0v) is 13.6. The van der Waals surface area contributed by atoms with Gasteiger partial charge in [-0.05, 0) is 6.92 Å². The lowest BCUT2D eigenvalue weighted by Gasteiger charge is -2.51. The molecule has 1 aliphatic heterocycles. The smallest absolute Gasteiger partial charge is 0.241 e. The van der Waals surface area contributed by atoms with Gasteiger partial charge in [-0.2, -0.15) is 0 Å². The van der Waals surface area contributed by atoms with Crippen molar-refractivity contribution in [3.8, 4) is 0 Å². The molecule has 0 aromatic carbocycles. The van der Waals surface area contributed by atoms with E-state index in [9.17, 15) is 4.79 Å². The van der Waals surface area contributed by atoms with E-state index in [1.54, 1.807) is 14.2 Å². The van der Waals surface area contributed by atoms with E-state index in [-0.39, 0.29) is 12.0 Å². The number of nitrogens with zero attached hydrogens (tertiary/aromatic N) is 1. The van der Waals surface area contributed by atoms with E-state index in [0.717, 1.165) is 26.2 Å². The van der Waals surface area contributed by atoms with Gasteiger partial charge in [-0.1, -0.05) is 6.92 Å². The molecule has 4 unspecified atom stereocenters. The van der Waals surface area contributed by atoms with E-state index in [4.69, 9.17) is 20.9 Å². The number of nitrogens with one attached hydrogen (secondary N) is 1. The van der Waals surface area contributed by atoms with E-state index >= 15 is 0 Å². The number of methoxy groups -OCH3 is 2. The molecule has 0 aromatic rings. The molecule has 0 bridgehead atoms. The minimum absolute atomic E-state index is 0.131. The molecule has 7 nitrogen and oxygen atoms in total. The van der Waals surface area contributed by atoms with Gasteiger partial charge >= 0.3 is 0 Å². The van der Waals surface area contributed by atoms with Crippen molar-refractivity contribution >= 4 is 5.91 Å². The van der Waals surface area contributed by atoms with E-state index in [2.05, 4.69) is 10.2 Å². The first kappa shape index (κ1) is 18.3. The van der Waals surface area contributed by atoms with Gasteiger partial charge in [0, 0.05) is 52.4 Å². The number of ether oxygens (including phenoxy) is 2. The number of piperazine rings is 1. The van der Waals surface area contributed by atoms with Gasteiger partial charge in [0.1, 0.15) is 5.54 Å². The predicted molar refractivity (Wildman–Crippen MR) is 81.9 cm³/mol. The normalized spacial score (nSPS) is 24.0. The Morgan fingerprint density at radius 1 is 1.33 bits per heavy atom. The topological polar surface area (TPSA) is 103 Å². The fourth-order valence-electron chi connectivity index (χ4n) is 3.52. The highest BCUT2D eigenvalue weighted by Crippen LogP contribution is 2.33. The summed E-state index contributed by atoms with van der Waals surface area (Å²) in [6.45, 7) is 7.29. The summed E-state index contributed by atoms with van der Waals surface area (Å²) in [5, 5.41) is 3.29. The minimum atomic E-state index is -0.971. The largest absolute Gasteiger partial charge is 0.384 e. The Bertz CT molecular complexity index is 334. The molecule has 1 saturated heterocycles. The Hall–Kier alpha value is -0.730. The molecule has 21 heavy (non-hydrogen) atoms. The van der Waals surface area contributed by atoms with E-state index in [1.807, 2.05) is 13.8 Å². The molecule has 0 aliphatic carbocycles. The van der Waals surface area contributed by atoms with Crippen LogP contribution in [0.4, 0.5) is 0 Å². The average Bonchev–Trinajstić information content (AvgIpc) is 2.44. The maximum Gasteiger partial charge on any atom is 0.241 e. The third kappa shape index (κ3) is 3.54. The first-order valence-corrected chi connectivity index (χ1v) is 7.45. The van der Waals surface area contributed by atoms with Crippen molar-refractivity contribution in [2.45, 2.75) is 31.5 Å².